The van der Waals surface area contributed by atoms with Crippen LogP contribution in [0, 0.1) is 5.41 Å². The van der Waals surface area contributed by atoms with Crippen molar-refractivity contribution in [2.45, 2.75) is 45.6 Å². The Morgan fingerprint density at radius 3 is 2.81 bits per heavy atom. The second kappa shape index (κ2) is 4.73. The van der Waals surface area contributed by atoms with Crippen LogP contribution in [0.5, 0.6) is 0 Å². The summed E-state index contributed by atoms with van der Waals surface area (Å²) in [6, 6.07) is 1.99. The van der Waals surface area contributed by atoms with E-state index in [2.05, 4.69) is 17.2 Å². The summed E-state index contributed by atoms with van der Waals surface area (Å²) < 4.78 is 0. The number of hydrogen-bond donors (Lipinski definition) is 2. The van der Waals surface area contributed by atoms with Crippen molar-refractivity contribution in [3.05, 3.63) is 24.0 Å². The molecule has 0 spiro atoms. The van der Waals surface area contributed by atoms with E-state index in [1.807, 2.05) is 18.5 Å². The molecule has 3 heteroatoms. The predicted octanol–water partition coefficient (Wildman–Crippen LogP) is 2.60. The molecule has 0 bridgehead atoms. The SMILES string of the molecule is CC1(C(=O)NCc2cc[nH]c2)CCCCC1. The number of aromatic nitrogens is 1. The third-order valence-corrected chi connectivity index (χ3v) is 3.62. The van der Waals surface area contributed by atoms with Crippen LogP contribution >= 0.6 is 0 Å². The predicted molar refractivity (Wildman–Crippen MR) is 63.8 cm³/mol. The highest BCUT2D eigenvalue weighted by Gasteiger charge is 2.34. The lowest BCUT2D eigenvalue weighted by molar-refractivity contribution is -0.132. The zero-order chi connectivity index (χ0) is 11.4. The van der Waals surface area contributed by atoms with E-state index < -0.39 is 0 Å². The van der Waals surface area contributed by atoms with Crippen molar-refractivity contribution in [3.63, 3.8) is 0 Å². The van der Waals surface area contributed by atoms with E-state index in [4.69, 9.17) is 0 Å². The van der Waals surface area contributed by atoms with Crippen LogP contribution in [0.4, 0.5) is 0 Å². The van der Waals surface area contributed by atoms with Gasteiger partial charge in [0.25, 0.3) is 0 Å². The maximum atomic E-state index is 12.1. The van der Waals surface area contributed by atoms with Crippen LogP contribution in [0.25, 0.3) is 0 Å². The molecule has 88 valence electrons. The Morgan fingerprint density at radius 2 is 2.19 bits per heavy atom. The van der Waals surface area contributed by atoms with Crippen molar-refractivity contribution >= 4 is 5.91 Å². The van der Waals surface area contributed by atoms with E-state index in [0.29, 0.717) is 6.54 Å². The minimum absolute atomic E-state index is 0.130. The first-order valence-corrected chi connectivity index (χ1v) is 6.11. The molecule has 3 nitrogen and oxygen atoms in total. The summed E-state index contributed by atoms with van der Waals surface area (Å²) in [6.45, 7) is 2.73. The van der Waals surface area contributed by atoms with E-state index in [-0.39, 0.29) is 11.3 Å². The lowest BCUT2D eigenvalue weighted by Gasteiger charge is -2.31. The number of hydrogen-bond acceptors (Lipinski definition) is 1. The maximum absolute atomic E-state index is 12.1. The highest BCUT2D eigenvalue weighted by molar-refractivity contribution is 5.82. The van der Waals surface area contributed by atoms with Gasteiger partial charge in [0.1, 0.15) is 0 Å². The van der Waals surface area contributed by atoms with E-state index in [9.17, 15) is 4.79 Å². The number of H-pyrrole nitrogens is 1. The molecule has 0 radical (unpaired) electrons. The quantitative estimate of drug-likeness (QED) is 0.808. The highest BCUT2D eigenvalue weighted by atomic mass is 16.2. The first kappa shape index (κ1) is 11.2. The molecule has 1 heterocycles. The van der Waals surface area contributed by atoms with Gasteiger partial charge in [-0.3, -0.25) is 4.79 Å². The van der Waals surface area contributed by atoms with Crippen molar-refractivity contribution in [3.8, 4) is 0 Å². The zero-order valence-corrected chi connectivity index (χ0v) is 9.88. The van der Waals surface area contributed by atoms with E-state index in [1.165, 1.54) is 19.3 Å². The van der Waals surface area contributed by atoms with Crippen LogP contribution in [0.15, 0.2) is 18.5 Å². The fourth-order valence-electron chi connectivity index (χ4n) is 2.42. The van der Waals surface area contributed by atoms with Gasteiger partial charge in [0.05, 0.1) is 0 Å². The molecular weight excluding hydrogens is 200 g/mol. The molecule has 1 amide bonds. The molecule has 0 aliphatic heterocycles. The van der Waals surface area contributed by atoms with Crippen LogP contribution in [-0.4, -0.2) is 10.9 Å². The summed E-state index contributed by atoms with van der Waals surface area (Å²) in [5.41, 5.74) is 1.00. The van der Waals surface area contributed by atoms with E-state index in [0.717, 1.165) is 18.4 Å². The van der Waals surface area contributed by atoms with Gasteiger partial charge in [-0.25, -0.2) is 0 Å². The van der Waals surface area contributed by atoms with Gasteiger partial charge in [0.15, 0.2) is 0 Å². The summed E-state index contributed by atoms with van der Waals surface area (Å²) in [4.78, 5) is 15.1. The summed E-state index contributed by atoms with van der Waals surface area (Å²) in [6.07, 6.45) is 9.52. The van der Waals surface area contributed by atoms with Crippen molar-refractivity contribution in [2.75, 3.05) is 0 Å². The van der Waals surface area contributed by atoms with Crippen molar-refractivity contribution in [1.29, 1.82) is 0 Å². The van der Waals surface area contributed by atoms with Crippen LogP contribution < -0.4 is 5.32 Å². The number of aromatic amines is 1. The Hall–Kier alpha value is -1.25. The molecule has 2 rings (SSSR count). The minimum atomic E-state index is -0.130. The van der Waals surface area contributed by atoms with Crippen molar-refractivity contribution in [2.24, 2.45) is 5.41 Å². The van der Waals surface area contributed by atoms with Gasteiger partial charge in [0, 0.05) is 24.4 Å². The summed E-state index contributed by atoms with van der Waals surface area (Å²) >= 11 is 0. The molecule has 0 saturated heterocycles. The van der Waals surface area contributed by atoms with Gasteiger partial charge in [-0.15, -0.1) is 0 Å². The van der Waals surface area contributed by atoms with Gasteiger partial charge >= 0.3 is 0 Å². The van der Waals surface area contributed by atoms with Crippen LogP contribution in [0.1, 0.15) is 44.6 Å². The topological polar surface area (TPSA) is 44.9 Å². The molecule has 0 atom stereocenters. The van der Waals surface area contributed by atoms with Crippen molar-refractivity contribution in [1.82, 2.24) is 10.3 Å². The first-order valence-electron chi connectivity index (χ1n) is 6.11. The van der Waals surface area contributed by atoms with Gasteiger partial charge in [0.2, 0.25) is 5.91 Å². The normalized spacial score (nSPS) is 19.3. The fraction of sp³-hybridized carbons (Fsp3) is 0.615. The average Bonchev–Trinajstić information content (AvgIpc) is 2.79. The smallest absolute Gasteiger partial charge is 0.226 e. The minimum Gasteiger partial charge on any atom is -0.367 e. The van der Waals surface area contributed by atoms with Crippen molar-refractivity contribution < 1.29 is 4.79 Å². The highest BCUT2D eigenvalue weighted by Crippen LogP contribution is 2.35. The Kier molecular flexibility index (Phi) is 3.32. The molecule has 1 fully saturated rings. The lowest BCUT2D eigenvalue weighted by atomic mass is 9.75. The van der Waals surface area contributed by atoms with Crippen LogP contribution in [0.3, 0.4) is 0 Å². The monoisotopic (exact) mass is 220 g/mol. The van der Waals surface area contributed by atoms with Gasteiger partial charge < -0.3 is 10.3 Å². The average molecular weight is 220 g/mol. The Balaban J connectivity index is 1.87. The third kappa shape index (κ3) is 2.46. The summed E-state index contributed by atoms with van der Waals surface area (Å²) in [5, 5.41) is 3.04. The fourth-order valence-corrected chi connectivity index (χ4v) is 2.42. The van der Waals surface area contributed by atoms with Crippen LogP contribution in [0.2, 0.25) is 0 Å². The molecule has 1 aromatic heterocycles. The molecule has 1 aromatic rings. The largest absolute Gasteiger partial charge is 0.367 e. The van der Waals surface area contributed by atoms with Gasteiger partial charge in [-0.1, -0.05) is 26.2 Å². The van der Waals surface area contributed by atoms with E-state index in [1.54, 1.807) is 0 Å². The maximum Gasteiger partial charge on any atom is 0.226 e. The molecule has 1 aliphatic rings. The summed E-state index contributed by atoms with van der Waals surface area (Å²) in [7, 11) is 0. The molecule has 1 aliphatic carbocycles. The zero-order valence-electron chi connectivity index (χ0n) is 9.88. The molecule has 2 N–H and O–H groups in total. The molecule has 1 saturated carbocycles. The number of carbonyl (C=O) groups is 1. The Labute approximate surface area is 96.6 Å². The molecular formula is C13H20N2O. The second-order valence-corrected chi connectivity index (χ2v) is 5.02. The number of amides is 1. The number of carbonyl (C=O) groups excluding carboxylic acids is 1. The Bertz CT molecular complexity index is 337. The second-order valence-electron chi connectivity index (χ2n) is 5.02. The van der Waals surface area contributed by atoms with Gasteiger partial charge in [-0.2, -0.15) is 0 Å². The first-order chi connectivity index (χ1) is 7.71. The lowest BCUT2D eigenvalue weighted by Crippen LogP contribution is -2.39. The number of rotatable bonds is 3. The molecule has 16 heavy (non-hydrogen) atoms. The Morgan fingerprint density at radius 1 is 1.44 bits per heavy atom. The molecule has 0 unspecified atom stereocenters. The third-order valence-electron chi connectivity index (χ3n) is 3.62. The van der Waals surface area contributed by atoms with Gasteiger partial charge in [-0.05, 0) is 24.5 Å². The summed E-state index contributed by atoms with van der Waals surface area (Å²) in [5.74, 6) is 0.216. The van der Waals surface area contributed by atoms with Crippen LogP contribution in [-0.2, 0) is 11.3 Å². The number of nitrogens with one attached hydrogen (secondary N) is 2. The standard InChI is InChI=1S/C13H20N2O/c1-13(6-3-2-4-7-13)12(16)15-10-11-5-8-14-9-11/h5,8-9,14H,2-4,6-7,10H2,1H3,(H,15,16). The van der Waals surface area contributed by atoms with E-state index >= 15 is 0 Å². The molecule has 0 aromatic carbocycles.